The van der Waals surface area contributed by atoms with Crippen LogP contribution in [0.5, 0.6) is 0 Å². The van der Waals surface area contributed by atoms with Crippen molar-refractivity contribution in [1.29, 1.82) is 0 Å². The number of carbonyl (C=O) groups is 1. The number of primary sulfonamides is 1. The van der Waals surface area contributed by atoms with Crippen LogP contribution in [0.2, 0.25) is 0 Å². The number of sulfonamides is 1. The molecular formula is C17H28N4O3S. The molecule has 2 rings (SSSR count). The standard InChI is InChI=1S/C17H28N4O3S/c1-17(12-18)8-11-21(13-17)10-7-16(22)20-9-6-14-2-4-15(5-3-14)25(19,23)24/h2-5H,6-13,18H2,1H3,(H,20,22)(H2,19,23,24). The number of hydrogen-bond acceptors (Lipinski definition) is 5. The highest BCUT2D eigenvalue weighted by molar-refractivity contribution is 7.89. The van der Waals surface area contributed by atoms with Crippen LogP contribution in [0.4, 0.5) is 0 Å². The van der Waals surface area contributed by atoms with Crippen molar-refractivity contribution in [3.05, 3.63) is 29.8 Å². The van der Waals surface area contributed by atoms with Crippen molar-refractivity contribution < 1.29 is 13.2 Å². The molecule has 0 spiro atoms. The number of nitrogens with one attached hydrogen (secondary N) is 1. The average Bonchev–Trinajstić information content (AvgIpc) is 2.95. The van der Waals surface area contributed by atoms with E-state index in [-0.39, 0.29) is 16.2 Å². The smallest absolute Gasteiger partial charge is 0.238 e. The van der Waals surface area contributed by atoms with Gasteiger partial charge in [0, 0.05) is 26.1 Å². The zero-order chi connectivity index (χ0) is 18.5. The Kier molecular flexibility index (Phi) is 6.56. The van der Waals surface area contributed by atoms with Crippen molar-refractivity contribution in [3.8, 4) is 0 Å². The van der Waals surface area contributed by atoms with E-state index in [4.69, 9.17) is 10.9 Å². The van der Waals surface area contributed by atoms with E-state index in [9.17, 15) is 13.2 Å². The Labute approximate surface area is 149 Å². The van der Waals surface area contributed by atoms with Crippen molar-refractivity contribution in [3.63, 3.8) is 0 Å². The minimum atomic E-state index is -3.66. The van der Waals surface area contributed by atoms with Crippen molar-refractivity contribution in [1.82, 2.24) is 10.2 Å². The highest BCUT2D eigenvalue weighted by atomic mass is 32.2. The Bertz CT molecular complexity index is 690. The maximum Gasteiger partial charge on any atom is 0.238 e. The second kappa shape index (κ2) is 8.27. The van der Waals surface area contributed by atoms with Gasteiger partial charge in [-0.2, -0.15) is 0 Å². The Morgan fingerprint density at radius 1 is 1.32 bits per heavy atom. The fourth-order valence-electron chi connectivity index (χ4n) is 3.02. The summed E-state index contributed by atoms with van der Waals surface area (Å²) in [7, 11) is -3.66. The zero-order valence-electron chi connectivity index (χ0n) is 14.7. The Morgan fingerprint density at radius 3 is 2.56 bits per heavy atom. The molecule has 1 unspecified atom stereocenters. The first kappa shape index (κ1) is 19.8. The van der Waals surface area contributed by atoms with Gasteiger partial charge in [0.25, 0.3) is 0 Å². The van der Waals surface area contributed by atoms with Crippen molar-refractivity contribution in [2.75, 3.05) is 32.7 Å². The molecule has 140 valence electrons. The van der Waals surface area contributed by atoms with Gasteiger partial charge in [0.05, 0.1) is 4.90 Å². The molecule has 0 bridgehead atoms. The minimum Gasteiger partial charge on any atom is -0.356 e. The lowest BCUT2D eigenvalue weighted by molar-refractivity contribution is -0.121. The lowest BCUT2D eigenvalue weighted by Crippen LogP contribution is -2.34. The van der Waals surface area contributed by atoms with Gasteiger partial charge in [0.1, 0.15) is 0 Å². The summed E-state index contributed by atoms with van der Waals surface area (Å²) in [5.74, 6) is 0.0301. The fraction of sp³-hybridized carbons (Fsp3) is 0.588. The van der Waals surface area contributed by atoms with Crippen LogP contribution in [0.25, 0.3) is 0 Å². The van der Waals surface area contributed by atoms with Crippen LogP contribution in [-0.4, -0.2) is 51.9 Å². The maximum absolute atomic E-state index is 11.9. The van der Waals surface area contributed by atoms with Crippen LogP contribution in [0.15, 0.2) is 29.2 Å². The molecule has 1 aromatic rings. The summed E-state index contributed by atoms with van der Waals surface area (Å²) in [6, 6.07) is 6.39. The first-order valence-corrected chi connectivity index (χ1v) is 10.1. The molecule has 1 amide bonds. The predicted octanol–water partition coefficient (Wildman–Crippen LogP) is 0.0535. The normalized spacial score (nSPS) is 21.4. The molecule has 5 N–H and O–H groups in total. The number of rotatable bonds is 8. The van der Waals surface area contributed by atoms with E-state index in [0.717, 1.165) is 31.6 Å². The van der Waals surface area contributed by atoms with Gasteiger partial charge in [-0.15, -0.1) is 0 Å². The van der Waals surface area contributed by atoms with E-state index in [1.54, 1.807) is 12.1 Å². The highest BCUT2D eigenvalue weighted by Crippen LogP contribution is 2.28. The first-order chi connectivity index (χ1) is 11.7. The molecule has 1 aromatic carbocycles. The van der Waals surface area contributed by atoms with Gasteiger partial charge < -0.3 is 16.0 Å². The third-order valence-corrected chi connectivity index (χ3v) is 5.70. The molecule has 0 saturated carbocycles. The number of likely N-dealkylation sites (tertiary alicyclic amines) is 1. The van der Waals surface area contributed by atoms with E-state index in [1.807, 2.05) is 0 Å². The SMILES string of the molecule is CC1(CN)CCN(CCC(=O)NCCc2ccc(S(N)(=O)=O)cc2)C1. The Hall–Kier alpha value is -1.48. The summed E-state index contributed by atoms with van der Waals surface area (Å²) in [4.78, 5) is 14.3. The molecular weight excluding hydrogens is 340 g/mol. The number of amides is 1. The first-order valence-electron chi connectivity index (χ1n) is 8.53. The molecule has 0 aliphatic carbocycles. The van der Waals surface area contributed by atoms with Gasteiger partial charge in [-0.1, -0.05) is 19.1 Å². The van der Waals surface area contributed by atoms with Crippen LogP contribution >= 0.6 is 0 Å². The van der Waals surface area contributed by atoms with Gasteiger partial charge in [-0.25, -0.2) is 13.6 Å². The Balaban J connectivity index is 1.67. The highest BCUT2D eigenvalue weighted by Gasteiger charge is 2.32. The molecule has 1 fully saturated rings. The molecule has 8 heteroatoms. The predicted molar refractivity (Wildman–Crippen MR) is 97.4 cm³/mol. The largest absolute Gasteiger partial charge is 0.356 e. The summed E-state index contributed by atoms with van der Waals surface area (Å²) in [5.41, 5.74) is 6.92. The lowest BCUT2D eigenvalue weighted by atomic mass is 9.90. The summed E-state index contributed by atoms with van der Waals surface area (Å²) in [6.07, 6.45) is 2.20. The summed E-state index contributed by atoms with van der Waals surface area (Å²) in [5, 5.41) is 7.96. The maximum atomic E-state index is 11.9. The zero-order valence-corrected chi connectivity index (χ0v) is 15.5. The molecule has 0 aromatic heterocycles. The molecule has 1 aliphatic heterocycles. The van der Waals surface area contributed by atoms with Crippen molar-refractivity contribution in [2.24, 2.45) is 16.3 Å². The molecule has 7 nitrogen and oxygen atoms in total. The Morgan fingerprint density at radius 2 is 2.00 bits per heavy atom. The van der Waals surface area contributed by atoms with Crippen LogP contribution in [0, 0.1) is 5.41 Å². The van der Waals surface area contributed by atoms with Gasteiger partial charge in [-0.05, 0) is 49.0 Å². The van der Waals surface area contributed by atoms with Crippen LogP contribution < -0.4 is 16.2 Å². The molecule has 0 radical (unpaired) electrons. The summed E-state index contributed by atoms with van der Waals surface area (Å²) in [6.45, 7) is 6.09. The van der Waals surface area contributed by atoms with Crippen LogP contribution in [0.3, 0.4) is 0 Å². The number of hydrogen-bond donors (Lipinski definition) is 3. The van der Waals surface area contributed by atoms with E-state index in [2.05, 4.69) is 17.1 Å². The van der Waals surface area contributed by atoms with Gasteiger partial charge >= 0.3 is 0 Å². The van der Waals surface area contributed by atoms with Crippen LogP contribution in [0.1, 0.15) is 25.3 Å². The number of nitrogens with two attached hydrogens (primary N) is 2. The number of carbonyl (C=O) groups excluding carboxylic acids is 1. The fourth-order valence-corrected chi connectivity index (χ4v) is 3.54. The topological polar surface area (TPSA) is 119 Å². The monoisotopic (exact) mass is 368 g/mol. The minimum absolute atomic E-state index is 0.0301. The van der Waals surface area contributed by atoms with Gasteiger partial charge in [-0.3, -0.25) is 4.79 Å². The number of nitrogens with zero attached hydrogens (tertiary/aromatic N) is 1. The third kappa shape index (κ3) is 6.07. The van der Waals surface area contributed by atoms with E-state index in [0.29, 0.717) is 25.9 Å². The molecule has 1 heterocycles. The van der Waals surface area contributed by atoms with E-state index in [1.165, 1.54) is 12.1 Å². The summed E-state index contributed by atoms with van der Waals surface area (Å²) < 4.78 is 22.4. The summed E-state index contributed by atoms with van der Waals surface area (Å²) >= 11 is 0. The van der Waals surface area contributed by atoms with E-state index >= 15 is 0 Å². The number of benzene rings is 1. The lowest BCUT2D eigenvalue weighted by Gasteiger charge is -2.22. The molecule has 1 aliphatic rings. The second-order valence-corrected chi connectivity index (χ2v) is 8.64. The van der Waals surface area contributed by atoms with Crippen molar-refractivity contribution >= 4 is 15.9 Å². The van der Waals surface area contributed by atoms with Gasteiger partial charge in [0.2, 0.25) is 15.9 Å². The molecule has 1 saturated heterocycles. The van der Waals surface area contributed by atoms with E-state index < -0.39 is 10.0 Å². The van der Waals surface area contributed by atoms with Crippen molar-refractivity contribution in [2.45, 2.75) is 31.1 Å². The average molecular weight is 369 g/mol. The molecule has 25 heavy (non-hydrogen) atoms. The third-order valence-electron chi connectivity index (χ3n) is 4.77. The quantitative estimate of drug-likeness (QED) is 0.599. The second-order valence-electron chi connectivity index (χ2n) is 7.08. The van der Waals surface area contributed by atoms with Gasteiger partial charge in [0.15, 0.2) is 0 Å². The molecule has 1 atom stereocenters. The van der Waals surface area contributed by atoms with Crippen LogP contribution in [-0.2, 0) is 21.2 Å².